The van der Waals surface area contributed by atoms with Crippen molar-refractivity contribution in [2.24, 2.45) is 5.92 Å². The van der Waals surface area contributed by atoms with Gasteiger partial charge in [0.2, 0.25) is 0 Å². The molecule has 1 saturated carbocycles. The highest BCUT2D eigenvalue weighted by Crippen LogP contribution is 2.33. The van der Waals surface area contributed by atoms with E-state index in [1.165, 1.54) is 0 Å². The largest absolute Gasteiger partial charge is 0.301 e. The molecule has 16 heavy (non-hydrogen) atoms. The van der Waals surface area contributed by atoms with Crippen LogP contribution in [0.15, 0.2) is 0 Å². The van der Waals surface area contributed by atoms with Crippen molar-refractivity contribution in [2.75, 3.05) is 18.8 Å². The highest BCUT2D eigenvalue weighted by molar-refractivity contribution is 7.92. The fourth-order valence-electron chi connectivity index (χ4n) is 2.50. The monoisotopic (exact) mass is 245 g/mol. The van der Waals surface area contributed by atoms with Crippen LogP contribution >= 0.6 is 0 Å². The minimum atomic E-state index is -2.80. The third-order valence-corrected chi connectivity index (χ3v) is 6.30. The zero-order chi connectivity index (χ0) is 11.8. The average Bonchev–Trinajstić information content (AvgIpc) is 3.01. The number of piperidine rings is 1. The maximum Gasteiger partial charge on any atom is 0.153 e. The first-order valence-electron chi connectivity index (χ1n) is 6.44. The molecule has 1 heterocycles. The lowest BCUT2D eigenvalue weighted by atomic mass is 10.1. The first-order chi connectivity index (χ1) is 7.49. The Kier molecular flexibility index (Phi) is 3.59. The number of nitrogens with zero attached hydrogens (tertiary/aromatic N) is 1. The molecular formula is C12H23NO2S. The zero-order valence-electron chi connectivity index (χ0n) is 10.4. The Hall–Kier alpha value is -0.0900. The van der Waals surface area contributed by atoms with Crippen molar-refractivity contribution < 1.29 is 8.42 Å². The van der Waals surface area contributed by atoms with Gasteiger partial charge in [0.05, 0.1) is 11.0 Å². The molecule has 0 aromatic rings. The SMILES string of the molecule is CC(C)N1CCC(S(=O)(=O)CC2CC2)CC1. The second kappa shape index (κ2) is 4.65. The maximum atomic E-state index is 12.1. The lowest BCUT2D eigenvalue weighted by Gasteiger charge is -2.34. The molecule has 0 bridgehead atoms. The Bertz CT molecular complexity index is 325. The van der Waals surface area contributed by atoms with E-state index in [9.17, 15) is 8.42 Å². The molecule has 4 heteroatoms. The highest BCUT2D eigenvalue weighted by atomic mass is 32.2. The molecule has 2 rings (SSSR count). The minimum Gasteiger partial charge on any atom is -0.301 e. The van der Waals surface area contributed by atoms with E-state index in [0.29, 0.717) is 17.7 Å². The fourth-order valence-corrected chi connectivity index (χ4v) is 4.69. The molecule has 0 unspecified atom stereocenters. The van der Waals surface area contributed by atoms with Crippen LogP contribution in [0.3, 0.4) is 0 Å². The molecule has 2 aliphatic rings. The van der Waals surface area contributed by atoms with Crippen LogP contribution < -0.4 is 0 Å². The molecule has 0 radical (unpaired) electrons. The zero-order valence-corrected chi connectivity index (χ0v) is 11.2. The van der Waals surface area contributed by atoms with Gasteiger partial charge < -0.3 is 4.90 Å². The molecule has 0 amide bonds. The number of hydrogen-bond acceptors (Lipinski definition) is 3. The van der Waals surface area contributed by atoms with Gasteiger partial charge in [-0.15, -0.1) is 0 Å². The molecule has 1 saturated heterocycles. The number of sulfone groups is 1. The predicted octanol–water partition coefficient (Wildman–Crippen LogP) is 1.68. The Morgan fingerprint density at radius 3 is 2.12 bits per heavy atom. The van der Waals surface area contributed by atoms with Crippen LogP contribution in [-0.2, 0) is 9.84 Å². The van der Waals surface area contributed by atoms with Gasteiger partial charge in [-0.3, -0.25) is 0 Å². The Labute approximate surface area is 99.1 Å². The van der Waals surface area contributed by atoms with Gasteiger partial charge in [-0.1, -0.05) is 0 Å². The number of hydrogen-bond donors (Lipinski definition) is 0. The van der Waals surface area contributed by atoms with E-state index in [1.54, 1.807) is 0 Å². The Balaban J connectivity index is 1.87. The van der Waals surface area contributed by atoms with Crippen molar-refractivity contribution in [3.8, 4) is 0 Å². The fraction of sp³-hybridized carbons (Fsp3) is 1.00. The van der Waals surface area contributed by atoms with Crippen molar-refractivity contribution >= 4 is 9.84 Å². The predicted molar refractivity (Wildman–Crippen MR) is 66.2 cm³/mol. The molecule has 0 aromatic heterocycles. The third-order valence-electron chi connectivity index (χ3n) is 3.88. The summed E-state index contributed by atoms with van der Waals surface area (Å²) < 4.78 is 24.2. The molecule has 0 aromatic carbocycles. The second-order valence-corrected chi connectivity index (χ2v) is 7.93. The molecule has 0 N–H and O–H groups in total. The van der Waals surface area contributed by atoms with E-state index in [2.05, 4.69) is 18.7 Å². The smallest absolute Gasteiger partial charge is 0.153 e. The number of rotatable bonds is 4. The summed E-state index contributed by atoms with van der Waals surface area (Å²) in [7, 11) is -2.80. The second-order valence-electron chi connectivity index (χ2n) is 5.60. The normalized spacial score (nSPS) is 25.2. The van der Waals surface area contributed by atoms with Gasteiger partial charge >= 0.3 is 0 Å². The van der Waals surface area contributed by atoms with E-state index >= 15 is 0 Å². The lowest BCUT2D eigenvalue weighted by molar-refractivity contribution is 0.186. The summed E-state index contributed by atoms with van der Waals surface area (Å²) >= 11 is 0. The summed E-state index contributed by atoms with van der Waals surface area (Å²) in [5.41, 5.74) is 0. The van der Waals surface area contributed by atoms with Gasteiger partial charge in [-0.05, 0) is 58.5 Å². The third kappa shape index (κ3) is 2.98. The summed E-state index contributed by atoms with van der Waals surface area (Å²) in [6.07, 6.45) is 3.94. The van der Waals surface area contributed by atoms with Gasteiger partial charge in [0.25, 0.3) is 0 Å². The molecule has 1 aliphatic heterocycles. The molecule has 0 atom stereocenters. The summed E-state index contributed by atoms with van der Waals surface area (Å²) in [5, 5.41) is -0.0527. The van der Waals surface area contributed by atoms with Crippen molar-refractivity contribution in [2.45, 2.75) is 50.8 Å². The first kappa shape index (κ1) is 12.4. The lowest BCUT2D eigenvalue weighted by Crippen LogP contribution is -2.43. The van der Waals surface area contributed by atoms with Gasteiger partial charge in [0.15, 0.2) is 9.84 Å². The molecule has 0 spiro atoms. The van der Waals surface area contributed by atoms with Crippen LogP contribution in [-0.4, -0.2) is 43.5 Å². The Morgan fingerprint density at radius 2 is 1.69 bits per heavy atom. The van der Waals surface area contributed by atoms with Crippen LogP contribution in [0.1, 0.15) is 39.5 Å². The van der Waals surface area contributed by atoms with Crippen LogP contribution in [0.2, 0.25) is 0 Å². The van der Waals surface area contributed by atoms with E-state index < -0.39 is 9.84 Å². The quantitative estimate of drug-likeness (QED) is 0.756. The van der Waals surface area contributed by atoms with Crippen molar-refractivity contribution in [1.82, 2.24) is 4.90 Å². The van der Waals surface area contributed by atoms with Crippen LogP contribution in [0.5, 0.6) is 0 Å². The van der Waals surface area contributed by atoms with E-state index in [0.717, 1.165) is 38.8 Å². The van der Waals surface area contributed by atoms with Crippen LogP contribution in [0, 0.1) is 5.92 Å². The molecule has 2 fully saturated rings. The minimum absolute atomic E-state index is 0.0527. The topological polar surface area (TPSA) is 37.4 Å². The van der Waals surface area contributed by atoms with Crippen molar-refractivity contribution in [3.05, 3.63) is 0 Å². The van der Waals surface area contributed by atoms with Crippen molar-refractivity contribution in [1.29, 1.82) is 0 Å². The highest BCUT2D eigenvalue weighted by Gasteiger charge is 2.35. The molecule has 1 aliphatic carbocycles. The van der Waals surface area contributed by atoms with E-state index in [1.807, 2.05) is 0 Å². The van der Waals surface area contributed by atoms with Gasteiger partial charge in [-0.2, -0.15) is 0 Å². The van der Waals surface area contributed by atoms with Crippen LogP contribution in [0.25, 0.3) is 0 Å². The molecular weight excluding hydrogens is 222 g/mol. The maximum absolute atomic E-state index is 12.1. The molecule has 94 valence electrons. The Morgan fingerprint density at radius 1 is 1.12 bits per heavy atom. The van der Waals surface area contributed by atoms with Gasteiger partial charge in [-0.25, -0.2) is 8.42 Å². The first-order valence-corrected chi connectivity index (χ1v) is 8.16. The van der Waals surface area contributed by atoms with Gasteiger partial charge in [0.1, 0.15) is 0 Å². The summed E-state index contributed by atoms with van der Waals surface area (Å²) in [4.78, 5) is 2.38. The standard InChI is InChI=1S/C12H23NO2S/c1-10(2)13-7-5-12(6-8-13)16(14,15)9-11-3-4-11/h10-12H,3-9H2,1-2H3. The number of likely N-dealkylation sites (tertiary alicyclic amines) is 1. The van der Waals surface area contributed by atoms with Crippen LogP contribution in [0.4, 0.5) is 0 Å². The van der Waals surface area contributed by atoms with E-state index in [4.69, 9.17) is 0 Å². The van der Waals surface area contributed by atoms with Crippen molar-refractivity contribution in [3.63, 3.8) is 0 Å². The summed E-state index contributed by atoms with van der Waals surface area (Å²) in [6.45, 7) is 6.26. The van der Waals surface area contributed by atoms with Gasteiger partial charge in [0, 0.05) is 6.04 Å². The summed E-state index contributed by atoms with van der Waals surface area (Å²) in [6, 6.07) is 0.548. The average molecular weight is 245 g/mol. The van der Waals surface area contributed by atoms with E-state index in [-0.39, 0.29) is 5.25 Å². The molecule has 3 nitrogen and oxygen atoms in total. The summed E-state index contributed by atoms with van der Waals surface area (Å²) in [5.74, 6) is 0.951.